The van der Waals surface area contributed by atoms with Gasteiger partial charge < -0.3 is 10.1 Å². The Labute approximate surface area is 132 Å². The summed E-state index contributed by atoms with van der Waals surface area (Å²) >= 11 is 0. The van der Waals surface area contributed by atoms with E-state index in [1.54, 1.807) is 0 Å². The van der Waals surface area contributed by atoms with Gasteiger partial charge in [-0.05, 0) is 38.6 Å². The minimum Gasteiger partial charge on any atom is -0.374 e. The van der Waals surface area contributed by atoms with Crippen LogP contribution in [0.2, 0.25) is 0 Å². The largest absolute Gasteiger partial charge is 0.374 e. The fourth-order valence-corrected chi connectivity index (χ4v) is 4.69. The van der Waals surface area contributed by atoms with E-state index in [0.29, 0.717) is 6.04 Å². The van der Waals surface area contributed by atoms with E-state index in [1.165, 1.54) is 77.0 Å². The van der Waals surface area contributed by atoms with Crippen LogP contribution in [0.5, 0.6) is 0 Å². The Bertz CT molecular complexity index is 265. The fourth-order valence-electron chi connectivity index (χ4n) is 4.69. The summed E-state index contributed by atoms with van der Waals surface area (Å²) in [5.74, 6) is 0.934. The lowest BCUT2D eigenvalue weighted by atomic mass is 9.77. The number of nitrogens with one attached hydrogen (secondary N) is 1. The molecule has 2 heteroatoms. The van der Waals surface area contributed by atoms with Gasteiger partial charge in [-0.1, -0.05) is 64.7 Å². The minimum absolute atomic E-state index is 0.124. The monoisotopic (exact) mass is 295 g/mol. The van der Waals surface area contributed by atoms with E-state index >= 15 is 0 Å². The second kappa shape index (κ2) is 9.15. The molecule has 0 heterocycles. The highest BCUT2D eigenvalue weighted by atomic mass is 16.5. The second-order valence-corrected chi connectivity index (χ2v) is 7.26. The zero-order valence-corrected chi connectivity index (χ0v) is 14.5. The van der Waals surface area contributed by atoms with Gasteiger partial charge in [0, 0.05) is 12.6 Å². The van der Waals surface area contributed by atoms with Crippen LogP contribution in [0.1, 0.15) is 90.9 Å². The van der Waals surface area contributed by atoms with Crippen molar-refractivity contribution < 1.29 is 4.74 Å². The molecule has 1 N–H and O–H groups in total. The molecule has 2 saturated carbocycles. The Morgan fingerprint density at radius 3 is 2.14 bits per heavy atom. The van der Waals surface area contributed by atoms with Crippen LogP contribution in [0.15, 0.2) is 0 Å². The molecular weight excluding hydrogens is 258 g/mol. The van der Waals surface area contributed by atoms with Crippen LogP contribution < -0.4 is 5.32 Å². The highest BCUT2D eigenvalue weighted by Crippen LogP contribution is 2.38. The van der Waals surface area contributed by atoms with Crippen LogP contribution in [0.25, 0.3) is 0 Å². The van der Waals surface area contributed by atoms with Crippen LogP contribution in [-0.2, 0) is 4.74 Å². The van der Waals surface area contributed by atoms with Crippen molar-refractivity contribution in [3.63, 3.8) is 0 Å². The van der Waals surface area contributed by atoms with Gasteiger partial charge in [0.2, 0.25) is 0 Å². The molecule has 2 aliphatic rings. The third kappa shape index (κ3) is 4.96. The van der Waals surface area contributed by atoms with Gasteiger partial charge >= 0.3 is 0 Å². The molecule has 0 aromatic rings. The molecule has 2 nitrogen and oxygen atoms in total. The van der Waals surface area contributed by atoms with Crippen LogP contribution in [0, 0.1) is 5.92 Å². The van der Waals surface area contributed by atoms with Crippen LogP contribution in [0.3, 0.4) is 0 Å². The Balaban J connectivity index is 2.06. The first-order valence-corrected chi connectivity index (χ1v) is 9.68. The fraction of sp³-hybridized carbons (Fsp3) is 1.00. The quantitative estimate of drug-likeness (QED) is 0.662. The molecule has 2 aliphatic carbocycles. The third-order valence-electron chi connectivity index (χ3n) is 5.76. The molecule has 0 aromatic carbocycles. The normalized spacial score (nSPS) is 25.4. The maximum absolute atomic E-state index is 6.44. The average Bonchev–Trinajstić information content (AvgIpc) is 2.75. The van der Waals surface area contributed by atoms with Crippen molar-refractivity contribution in [3.8, 4) is 0 Å². The van der Waals surface area contributed by atoms with Crippen molar-refractivity contribution in [3.05, 3.63) is 0 Å². The number of ether oxygens (including phenoxy) is 1. The number of rotatable bonds is 7. The molecule has 124 valence electrons. The van der Waals surface area contributed by atoms with Gasteiger partial charge in [0.1, 0.15) is 0 Å². The molecule has 21 heavy (non-hydrogen) atoms. The number of likely N-dealkylation sites (N-methyl/N-ethyl adjacent to an activating group) is 1. The van der Waals surface area contributed by atoms with Gasteiger partial charge in [-0.15, -0.1) is 0 Å². The molecule has 0 spiro atoms. The number of hydrogen-bond donors (Lipinski definition) is 1. The lowest BCUT2D eigenvalue weighted by molar-refractivity contribution is -0.0820. The third-order valence-corrected chi connectivity index (χ3v) is 5.76. The molecular formula is C19H37NO. The summed E-state index contributed by atoms with van der Waals surface area (Å²) in [5.41, 5.74) is 0.124. The lowest BCUT2D eigenvalue weighted by Gasteiger charge is -2.42. The Kier molecular flexibility index (Phi) is 7.53. The SMILES string of the molecule is CCNC(CC1CCCCC1)C1(OCC)CCCCCC1. The summed E-state index contributed by atoms with van der Waals surface area (Å²) < 4.78 is 6.44. The van der Waals surface area contributed by atoms with Gasteiger partial charge in [-0.2, -0.15) is 0 Å². The van der Waals surface area contributed by atoms with Gasteiger partial charge in [-0.3, -0.25) is 0 Å². The second-order valence-electron chi connectivity index (χ2n) is 7.26. The van der Waals surface area contributed by atoms with Crippen molar-refractivity contribution in [2.75, 3.05) is 13.2 Å². The highest BCUT2D eigenvalue weighted by Gasteiger charge is 2.40. The molecule has 0 radical (unpaired) electrons. The highest BCUT2D eigenvalue weighted by molar-refractivity contribution is 4.96. The topological polar surface area (TPSA) is 21.3 Å². The summed E-state index contributed by atoms with van der Waals surface area (Å²) in [7, 11) is 0. The molecule has 0 bridgehead atoms. The minimum atomic E-state index is 0.124. The van der Waals surface area contributed by atoms with Gasteiger partial charge in [0.05, 0.1) is 5.60 Å². The van der Waals surface area contributed by atoms with Crippen LogP contribution >= 0.6 is 0 Å². The van der Waals surface area contributed by atoms with Crippen LogP contribution in [-0.4, -0.2) is 24.8 Å². The summed E-state index contributed by atoms with van der Waals surface area (Å²) in [5, 5.41) is 3.83. The Hall–Kier alpha value is -0.0800. The molecule has 0 saturated heterocycles. The molecule has 2 fully saturated rings. The van der Waals surface area contributed by atoms with Crippen molar-refractivity contribution in [2.45, 2.75) is 103 Å². The molecule has 0 aliphatic heterocycles. The van der Waals surface area contributed by atoms with E-state index in [-0.39, 0.29) is 5.60 Å². The first kappa shape index (κ1) is 17.3. The predicted octanol–water partition coefficient (Wildman–Crippen LogP) is 5.06. The first-order valence-electron chi connectivity index (χ1n) is 9.68. The average molecular weight is 296 g/mol. The summed E-state index contributed by atoms with van der Waals surface area (Å²) in [4.78, 5) is 0. The van der Waals surface area contributed by atoms with Gasteiger partial charge in [0.15, 0.2) is 0 Å². The Morgan fingerprint density at radius 1 is 0.952 bits per heavy atom. The summed E-state index contributed by atoms with van der Waals surface area (Å²) in [6, 6.07) is 0.573. The van der Waals surface area contributed by atoms with E-state index in [1.807, 2.05) is 0 Å². The van der Waals surface area contributed by atoms with Gasteiger partial charge in [0.25, 0.3) is 0 Å². The lowest BCUT2D eigenvalue weighted by Crippen LogP contribution is -2.53. The van der Waals surface area contributed by atoms with Crippen molar-refractivity contribution in [2.24, 2.45) is 5.92 Å². The maximum Gasteiger partial charge on any atom is 0.0834 e. The van der Waals surface area contributed by atoms with Crippen molar-refractivity contribution in [1.82, 2.24) is 5.32 Å². The van der Waals surface area contributed by atoms with Gasteiger partial charge in [-0.25, -0.2) is 0 Å². The Morgan fingerprint density at radius 2 is 1.57 bits per heavy atom. The zero-order chi connectivity index (χ0) is 15.0. The number of hydrogen-bond acceptors (Lipinski definition) is 2. The molecule has 0 aromatic heterocycles. The van der Waals surface area contributed by atoms with Crippen LogP contribution in [0.4, 0.5) is 0 Å². The standard InChI is InChI=1S/C19H37NO/c1-3-20-18(16-17-12-8-7-9-13-17)19(21-4-2)14-10-5-6-11-15-19/h17-18,20H,3-16H2,1-2H3. The van der Waals surface area contributed by atoms with E-state index in [0.717, 1.165) is 19.1 Å². The molecule has 1 unspecified atom stereocenters. The smallest absolute Gasteiger partial charge is 0.0834 e. The van der Waals surface area contributed by atoms with E-state index in [2.05, 4.69) is 19.2 Å². The summed E-state index contributed by atoms with van der Waals surface area (Å²) in [6.07, 6.45) is 16.6. The van der Waals surface area contributed by atoms with E-state index < -0.39 is 0 Å². The van der Waals surface area contributed by atoms with E-state index in [4.69, 9.17) is 4.74 Å². The zero-order valence-electron chi connectivity index (χ0n) is 14.5. The van der Waals surface area contributed by atoms with Crippen molar-refractivity contribution in [1.29, 1.82) is 0 Å². The summed E-state index contributed by atoms with van der Waals surface area (Å²) in [6.45, 7) is 6.37. The molecule has 2 rings (SSSR count). The van der Waals surface area contributed by atoms with Crippen molar-refractivity contribution >= 4 is 0 Å². The molecule has 1 atom stereocenters. The molecule has 0 amide bonds. The first-order chi connectivity index (χ1) is 10.3. The van der Waals surface area contributed by atoms with E-state index in [9.17, 15) is 0 Å². The maximum atomic E-state index is 6.44. The predicted molar refractivity (Wildman–Crippen MR) is 90.7 cm³/mol.